The van der Waals surface area contributed by atoms with Gasteiger partial charge in [-0.25, -0.2) is 4.79 Å². The van der Waals surface area contributed by atoms with E-state index in [1.807, 2.05) is 26.8 Å². The van der Waals surface area contributed by atoms with E-state index in [9.17, 15) is 4.79 Å². The first-order chi connectivity index (χ1) is 9.31. The lowest BCUT2D eigenvalue weighted by Gasteiger charge is -2.19. The minimum atomic E-state index is -0.482. The second-order valence-corrected chi connectivity index (χ2v) is 5.65. The molecule has 0 saturated heterocycles. The molecule has 0 saturated carbocycles. The van der Waals surface area contributed by atoms with Crippen molar-refractivity contribution in [1.29, 1.82) is 0 Å². The summed E-state index contributed by atoms with van der Waals surface area (Å²) in [5.74, 6) is 5.97. The van der Waals surface area contributed by atoms with E-state index in [1.54, 1.807) is 0 Å². The second-order valence-electron chi connectivity index (χ2n) is 5.65. The molecule has 0 aromatic heterocycles. The first kappa shape index (κ1) is 16.1. The molecule has 20 heavy (non-hydrogen) atoms. The zero-order valence-electron chi connectivity index (χ0n) is 13.0. The van der Waals surface area contributed by atoms with Crippen molar-refractivity contribution >= 4 is 6.09 Å². The SMILES string of the molecule is CCc1cc(C#CCNC(=O)OC(C)(C)C)ccc1C. The van der Waals surface area contributed by atoms with Crippen LogP contribution in [0.15, 0.2) is 18.2 Å². The van der Waals surface area contributed by atoms with E-state index in [4.69, 9.17) is 4.74 Å². The summed E-state index contributed by atoms with van der Waals surface area (Å²) in [6.45, 7) is 10.00. The summed E-state index contributed by atoms with van der Waals surface area (Å²) in [4.78, 5) is 11.4. The van der Waals surface area contributed by atoms with Crippen LogP contribution >= 0.6 is 0 Å². The van der Waals surface area contributed by atoms with Crippen molar-refractivity contribution in [1.82, 2.24) is 5.32 Å². The van der Waals surface area contributed by atoms with Crippen LogP contribution in [0.3, 0.4) is 0 Å². The third-order valence-electron chi connectivity index (χ3n) is 2.68. The van der Waals surface area contributed by atoms with E-state index in [0.717, 1.165) is 12.0 Å². The van der Waals surface area contributed by atoms with E-state index in [1.165, 1.54) is 11.1 Å². The molecular weight excluding hydrogens is 250 g/mol. The maximum absolute atomic E-state index is 11.4. The maximum Gasteiger partial charge on any atom is 0.408 e. The lowest BCUT2D eigenvalue weighted by atomic mass is 10.0. The average Bonchev–Trinajstić information content (AvgIpc) is 2.34. The van der Waals surface area contributed by atoms with Crippen LogP contribution in [0.2, 0.25) is 0 Å². The summed E-state index contributed by atoms with van der Waals surface area (Å²) >= 11 is 0. The molecule has 0 fully saturated rings. The Morgan fingerprint density at radius 3 is 2.65 bits per heavy atom. The predicted molar refractivity (Wildman–Crippen MR) is 81.7 cm³/mol. The van der Waals surface area contributed by atoms with Gasteiger partial charge in [-0.3, -0.25) is 0 Å². The van der Waals surface area contributed by atoms with Gasteiger partial charge in [0.1, 0.15) is 5.60 Å². The van der Waals surface area contributed by atoms with Crippen molar-refractivity contribution in [2.45, 2.75) is 46.6 Å². The predicted octanol–water partition coefficient (Wildman–Crippen LogP) is 3.43. The fourth-order valence-corrected chi connectivity index (χ4v) is 1.71. The molecule has 1 N–H and O–H groups in total. The van der Waals surface area contributed by atoms with Crippen LogP contribution in [0.4, 0.5) is 4.79 Å². The van der Waals surface area contributed by atoms with Gasteiger partial charge in [-0.2, -0.15) is 0 Å². The van der Waals surface area contributed by atoms with Crippen LogP contribution in [0, 0.1) is 18.8 Å². The van der Waals surface area contributed by atoms with E-state index in [-0.39, 0.29) is 6.54 Å². The lowest BCUT2D eigenvalue weighted by Crippen LogP contribution is -2.32. The second kappa shape index (κ2) is 7.00. The third-order valence-corrected chi connectivity index (χ3v) is 2.68. The number of rotatable bonds is 2. The van der Waals surface area contributed by atoms with Gasteiger partial charge in [-0.1, -0.05) is 24.8 Å². The third kappa shape index (κ3) is 5.79. The fraction of sp³-hybridized carbons (Fsp3) is 0.471. The number of carbonyl (C=O) groups excluding carboxylic acids is 1. The molecule has 108 valence electrons. The van der Waals surface area contributed by atoms with Crippen LogP contribution in [0.1, 0.15) is 44.4 Å². The van der Waals surface area contributed by atoms with Crippen LogP contribution in [-0.2, 0) is 11.2 Å². The number of hydrogen-bond acceptors (Lipinski definition) is 2. The number of benzene rings is 1. The summed E-state index contributed by atoms with van der Waals surface area (Å²) in [5.41, 5.74) is 3.07. The molecule has 0 heterocycles. The fourth-order valence-electron chi connectivity index (χ4n) is 1.71. The normalized spacial score (nSPS) is 10.4. The number of alkyl carbamates (subject to hydrolysis) is 1. The van der Waals surface area contributed by atoms with Gasteiger partial charge in [0, 0.05) is 5.56 Å². The van der Waals surface area contributed by atoms with Gasteiger partial charge in [0.05, 0.1) is 6.54 Å². The van der Waals surface area contributed by atoms with Gasteiger partial charge in [-0.15, -0.1) is 0 Å². The average molecular weight is 273 g/mol. The summed E-state index contributed by atoms with van der Waals surface area (Å²) in [6.07, 6.45) is 0.558. The van der Waals surface area contributed by atoms with Crippen molar-refractivity contribution in [2.75, 3.05) is 6.54 Å². The highest BCUT2D eigenvalue weighted by atomic mass is 16.6. The van der Waals surface area contributed by atoms with Crippen molar-refractivity contribution in [3.05, 3.63) is 34.9 Å². The Balaban J connectivity index is 2.53. The summed E-state index contributed by atoms with van der Waals surface area (Å²) in [7, 11) is 0. The van der Waals surface area contributed by atoms with E-state index in [0.29, 0.717) is 0 Å². The standard InChI is InChI=1S/C17H23NO2/c1-6-15-12-14(10-9-13(15)2)8-7-11-18-16(19)20-17(3,4)5/h9-10,12H,6,11H2,1-5H3,(H,18,19). The zero-order valence-corrected chi connectivity index (χ0v) is 13.0. The zero-order chi connectivity index (χ0) is 15.2. The molecule has 3 heteroatoms. The Labute approximate surface area is 121 Å². The molecule has 0 radical (unpaired) electrons. The number of ether oxygens (including phenoxy) is 1. The Hall–Kier alpha value is -1.95. The molecule has 3 nitrogen and oxygen atoms in total. The molecule has 0 aliphatic rings. The molecule has 0 bridgehead atoms. The highest BCUT2D eigenvalue weighted by Crippen LogP contribution is 2.10. The van der Waals surface area contributed by atoms with Crippen LogP contribution in [0.5, 0.6) is 0 Å². The summed E-state index contributed by atoms with van der Waals surface area (Å²) in [6, 6.07) is 6.16. The van der Waals surface area contributed by atoms with Crippen molar-refractivity contribution in [3.8, 4) is 11.8 Å². The molecule has 0 atom stereocenters. The van der Waals surface area contributed by atoms with Crippen molar-refractivity contribution in [2.24, 2.45) is 0 Å². The smallest absolute Gasteiger partial charge is 0.408 e. The van der Waals surface area contributed by atoms with Gasteiger partial charge >= 0.3 is 6.09 Å². The van der Waals surface area contributed by atoms with Gasteiger partial charge in [0.2, 0.25) is 0 Å². The number of amides is 1. The van der Waals surface area contributed by atoms with E-state index < -0.39 is 11.7 Å². The van der Waals surface area contributed by atoms with E-state index >= 15 is 0 Å². The Morgan fingerprint density at radius 1 is 1.35 bits per heavy atom. The first-order valence-electron chi connectivity index (χ1n) is 6.87. The molecular formula is C17H23NO2. The monoisotopic (exact) mass is 273 g/mol. The van der Waals surface area contributed by atoms with Gasteiger partial charge < -0.3 is 10.1 Å². The highest BCUT2D eigenvalue weighted by molar-refractivity contribution is 5.68. The van der Waals surface area contributed by atoms with Crippen LogP contribution in [-0.4, -0.2) is 18.2 Å². The summed E-state index contributed by atoms with van der Waals surface area (Å²) in [5, 5.41) is 2.61. The molecule has 1 aromatic rings. The number of carbonyl (C=O) groups is 1. The van der Waals surface area contributed by atoms with Gasteiger partial charge in [0.25, 0.3) is 0 Å². The van der Waals surface area contributed by atoms with Gasteiger partial charge in [0.15, 0.2) is 0 Å². The molecule has 1 amide bonds. The molecule has 1 rings (SSSR count). The quantitative estimate of drug-likeness (QED) is 0.838. The topological polar surface area (TPSA) is 38.3 Å². The Bertz CT molecular complexity index is 530. The highest BCUT2D eigenvalue weighted by Gasteiger charge is 2.14. The van der Waals surface area contributed by atoms with E-state index in [2.05, 4.69) is 43.1 Å². The molecule has 0 aliphatic heterocycles. The number of hydrogen-bond donors (Lipinski definition) is 1. The minimum Gasteiger partial charge on any atom is -0.444 e. The molecule has 0 unspecified atom stereocenters. The van der Waals surface area contributed by atoms with Crippen molar-refractivity contribution in [3.63, 3.8) is 0 Å². The first-order valence-corrected chi connectivity index (χ1v) is 6.87. The number of aryl methyl sites for hydroxylation is 2. The number of nitrogens with one attached hydrogen (secondary N) is 1. The molecule has 0 aliphatic carbocycles. The maximum atomic E-state index is 11.4. The lowest BCUT2D eigenvalue weighted by molar-refractivity contribution is 0.0535. The molecule has 0 spiro atoms. The Kier molecular flexibility index (Phi) is 5.64. The summed E-state index contributed by atoms with van der Waals surface area (Å²) < 4.78 is 5.12. The largest absolute Gasteiger partial charge is 0.444 e. The minimum absolute atomic E-state index is 0.282. The Morgan fingerprint density at radius 2 is 2.05 bits per heavy atom. The van der Waals surface area contributed by atoms with Crippen molar-refractivity contribution < 1.29 is 9.53 Å². The van der Waals surface area contributed by atoms with Crippen LogP contribution < -0.4 is 5.32 Å². The van der Waals surface area contributed by atoms with Crippen LogP contribution in [0.25, 0.3) is 0 Å². The van der Waals surface area contributed by atoms with Gasteiger partial charge in [-0.05, 0) is 57.4 Å². The molecule has 1 aromatic carbocycles.